The molecule has 156 valence electrons. The van der Waals surface area contributed by atoms with Crippen molar-refractivity contribution in [3.05, 3.63) is 78.1 Å². The molecule has 0 spiro atoms. The molecule has 0 aliphatic carbocycles. The number of carbonyl (C=O) groups excluding carboxylic acids is 1. The Kier molecular flexibility index (Phi) is 6.14. The normalized spacial score (nSPS) is 17.5. The second-order valence-corrected chi connectivity index (χ2v) is 7.86. The average Bonchev–Trinajstić information content (AvgIpc) is 3.18. The Morgan fingerprint density at radius 2 is 1.97 bits per heavy atom. The first-order valence-electron chi connectivity index (χ1n) is 10.4. The van der Waals surface area contributed by atoms with Gasteiger partial charge in [-0.15, -0.1) is 0 Å². The molecular formula is C24H28N4O2. The van der Waals surface area contributed by atoms with Crippen molar-refractivity contribution < 1.29 is 9.53 Å². The van der Waals surface area contributed by atoms with Gasteiger partial charge in [0, 0.05) is 43.4 Å². The van der Waals surface area contributed by atoms with Gasteiger partial charge in [0.15, 0.2) is 0 Å². The van der Waals surface area contributed by atoms with E-state index in [0.29, 0.717) is 13.0 Å². The number of carbonyl (C=O) groups is 1. The van der Waals surface area contributed by atoms with E-state index in [4.69, 9.17) is 4.74 Å². The summed E-state index contributed by atoms with van der Waals surface area (Å²) in [7, 11) is 0. The first-order chi connectivity index (χ1) is 14.6. The molecule has 30 heavy (non-hydrogen) atoms. The van der Waals surface area contributed by atoms with Gasteiger partial charge in [0.1, 0.15) is 11.9 Å². The quantitative estimate of drug-likeness (QED) is 0.680. The highest BCUT2D eigenvalue weighted by Crippen LogP contribution is 2.24. The summed E-state index contributed by atoms with van der Waals surface area (Å²) in [5.41, 5.74) is 3.15. The van der Waals surface area contributed by atoms with Crippen LogP contribution in [0.5, 0.6) is 5.75 Å². The molecule has 2 atom stereocenters. The van der Waals surface area contributed by atoms with Gasteiger partial charge in [-0.2, -0.15) is 5.10 Å². The van der Waals surface area contributed by atoms with Gasteiger partial charge in [0.25, 0.3) is 0 Å². The minimum Gasteiger partial charge on any atom is -0.489 e. The number of fused-ring (bicyclic) bond motifs is 1. The fourth-order valence-electron chi connectivity index (χ4n) is 3.78. The third-order valence-corrected chi connectivity index (χ3v) is 5.37. The molecule has 2 aromatic carbocycles. The second kappa shape index (κ2) is 9.13. The van der Waals surface area contributed by atoms with E-state index in [1.165, 1.54) is 5.56 Å². The molecule has 4 rings (SSSR count). The average molecular weight is 405 g/mol. The number of nitrogens with one attached hydrogen (secondary N) is 1. The van der Waals surface area contributed by atoms with E-state index < -0.39 is 0 Å². The summed E-state index contributed by atoms with van der Waals surface area (Å²) in [6, 6.07) is 18.0. The molecule has 0 radical (unpaired) electrons. The van der Waals surface area contributed by atoms with Gasteiger partial charge in [-0.25, -0.2) is 4.68 Å². The molecule has 0 saturated carbocycles. The van der Waals surface area contributed by atoms with Gasteiger partial charge in [-0.3, -0.25) is 9.69 Å². The molecule has 6 nitrogen and oxygen atoms in total. The van der Waals surface area contributed by atoms with Crippen LogP contribution in [0.4, 0.5) is 0 Å². The Hall–Kier alpha value is -3.12. The number of para-hydroxylation sites is 2. The highest BCUT2D eigenvalue weighted by molar-refractivity contribution is 5.76. The van der Waals surface area contributed by atoms with E-state index in [9.17, 15) is 4.79 Å². The Morgan fingerprint density at radius 3 is 2.80 bits per heavy atom. The summed E-state index contributed by atoms with van der Waals surface area (Å²) in [6.45, 7) is 6.36. The minimum absolute atomic E-state index is 0.0427. The van der Waals surface area contributed by atoms with Gasteiger partial charge in [0.2, 0.25) is 5.91 Å². The number of benzene rings is 2. The summed E-state index contributed by atoms with van der Waals surface area (Å²) in [4.78, 5) is 14.8. The Morgan fingerprint density at radius 1 is 1.20 bits per heavy atom. The Balaban J connectivity index is 1.31. The molecule has 6 heteroatoms. The molecule has 1 aliphatic rings. The van der Waals surface area contributed by atoms with E-state index in [1.807, 2.05) is 72.5 Å². The molecule has 0 saturated heterocycles. The highest BCUT2D eigenvalue weighted by atomic mass is 16.5. The van der Waals surface area contributed by atoms with Crippen molar-refractivity contribution in [3.8, 4) is 11.4 Å². The number of hydrogen-bond donors (Lipinski definition) is 1. The van der Waals surface area contributed by atoms with Crippen molar-refractivity contribution in [3.63, 3.8) is 0 Å². The topological polar surface area (TPSA) is 59.4 Å². The zero-order chi connectivity index (χ0) is 20.9. The number of nitrogens with zero attached hydrogens (tertiary/aromatic N) is 3. The number of ether oxygens (including phenoxy) is 1. The minimum atomic E-state index is -0.0953. The third kappa shape index (κ3) is 4.89. The van der Waals surface area contributed by atoms with Gasteiger partial charge < -0.3 is 10.1 Å². The van der Waals surface area contributed by atoms with E-state index in [-0.39, 0.29) is 18.1 Å². The van der Waals surface area contributed by atoms with Crippen molar-refractivity contribution in [1.29, 1.82) is 0 Å². The standard InChI is InChI=1S/C24H28N4O2/c1-18-15-27(16-20-8-6-7-11-23(20)30-18)13-12-24(29)26-19(2)21-14-25-28(17-21)22-9-4-3-5-10-22/h3-11,14,17-19H,12-13,15-16H2,1-2H3,(H,26,29). The van der Waals surface area contributed by atoms with Crippen LogP contribution in [0.2, 0.25) is 0 Å². The zero-order valence-corrected chi connectivity index (χ0v) is 17.5. The fraction of sp³-hybridized carbons (Fsp3) is 0.333. The van der Waals surface area contributed by atoms with Gasteiger partial charge in [-0.05, 0) is 32.0 Å². The van der Waals surface area contributed by atoms with Crippen LogP contribution in [0.15, 0.2) is 67.0 Å². The second-order valence-electron chi connectivity index (χ2n) is 7.86. The lowest BCUT2D eigenvalue weighted by atomic mass is 10.1. The smallest absolute Gasteiger partial charge is 0.221 e. The Labute approximate surface area is 177 Å². The zero-order valence-electron chi connectivity index (χ0n) is 17.5. The van der Waals surface area contributed by atoms with E-state index in [1.54, 1.807) is 0 Å². The maximum atomic E-state index is 12.6. The summed E-state index contributed by atoms with van der Waals surface area (Å²) in [5.74, 6) is 0.988. The molecule has 1 aliphatic heterocycles. The third-order valence-electron chi connectivity index (χ3n) is 5.37. The molecule has 1 amide bonds. The highest BCUT2D eigenvalue weighted by Gasteiger charge is 2.20. The molecule has 1 N–H and O–H groups in total. The van der Waals surface area contributed by atoms with E-state index in [0.717, 1.165) is 30.1 Å². The van der Waals surface area contributed by atoms with Crippen LogP contribution < -0.4 is 10.1 Å². The predicted molar refractivity (Wildman–Crippen MR) is 117 cm³/mol. The van der Waals surface area contributed by atoms with Crippen molar-refractivity contribution >= 4 is 5.91 Å². The first-order valence-corrected chi connectivity index (χ1v) is 10.4. The maximum Gasteiger partial charge on any atom is 0.221 e. The lowest BCUT2D eigenvalue weighted by Gasteiger charge is -2.22. The van der Waals surface area contributed by atoms with Crippen molar-refractivity contribution in [2.75, 3.05) is 13.1 Å². The summed E-state index contributed by atoms with van der Waals surface area (Å²) >= 11 is 0. The molecule has 0 fully saturated rings. The van der Waals surface area contributed by atoms with Crippen molar-refractivity contribution in [2.24, 2.45) is 0 Å². The van der Waals surface area contributed by atoms with Crippen LogP contribution in [0.3, 0.4) is 0 Å². The molecular weight excluding hydrogens is 376 g/mol. The number of rotatable bonds is 6. The van der Waals surface area contributed by atoms with Crippen molar-refractivity contribution in [1.82, 2.24) is 20.0 Å². The number of hydrogen-bond acceptors (Lipinski definition) is 4. The largest absolute Gasteiger partial charge is 0.489 e. The lowest BCUT2D eigenvalue weighted by Crippen LogP contribution is -2.35. The van der Waals surface area contributed by atoms with E-state index >= 15 is 0 Å². The first kappa shape index (κ1) is 20.2. The summed E-state index contributed by atoms with van der Waals surface area (Å²) in [6.07, 6.45) is 4.32. The van der Waals surface area contributed by atoms with E-state index in [2.05, 4.69) is 28.3 Å². The summed E-state index contributed by atoms with van der Waals surface area (Å²) in [5, 5.41) is 7.51. The fourth-order valence-corrected chi connectivity index (χ4v) is 3.78. The SMILES string of the molecule is CC1CN(CCC(=O)NC(C)c2cnn(-c3ccccc3)c2)Cc2ccccc2O1. The van der Waals surface area contributed by atoms with Crippen LogP contribution >= 0.6 is 0 Å². The molecule has 2 heterocycles. The molecule has 1 aromatic heterocycles. The van der Waals surface area contributed by atoms with Crippen LogP contribution in [0, 0.1) is 0 Å². The van der Waals surface area contributed by atoms with Crippen LogP contribution in [-0.4, -0.2) is 39.8 Å². The molecule has 2 unspecified atom stereocenters. The van der Waals surface area contributed by atoms with Gasteiger partial charge in [-0.1, -0.05) is 36.4 Å². The van der Waals surface area contributed by atoms with Crippen LogP contribution in [-0.2, 0) is 11.3 Å². The van der Waals surface area contributed by atoms with Crippen LogP contribution in [0.1, 0.15) is 37.4 Å². The Bertz CT molecular complexity index is 986. The van der Waals surface area contributed by atoms with Gasteiger partial charge in [0.05, 0.1) is 17.9 Å². The predicted octanol–water partition coefficient (Wildman–Crippen LogP) is 3.72. The number of aromatic nitrogens is 2. The molecule has 3 aromatic rings. The van der Waals surface area contributed by atoms with Gasteiger partial charge >= 0.3 is 0 Å². The lowest BCUT2D eigenvalue weighted by molar-refractivity contribution is -0.122. The summed E-state index contributed by atoms with van der Waals surface area (Å²) < 4.78 is 7.83. The number of amides is 1. The molecule has 0 bridgehead atoms. The van der Waals surface area contributed by atoms with Crippen molar-refractivity contribution in [2.45, 2.75) is 39.0 Å². The maximum absolute atomic E-state index is 12.6. The monoisotopic (exact) mass is 404 g/mol. The van der Waals surface area contributed by atoms with Crippen LogP contribution in [0.25, 0.3) is 5.69 Å².